The number of ether oxygens (including phenoxy) is 3. The molecule has 1 aliphatic heterocycles. The smallest absolute Gasteiger partial charge is 0.306 e. The van der Waals surface area contributed by atoms with Crippen molar-refractivity contribution in [3.63, 3.8) is 0 Å². The largest absolute Gasteiger partial charge is 0.494 e. The molecule has 0 unspecified atom stereocenters. The fraction of sp³-hybridized carbons (Fsp3) is 0.483. The molecule has 212 valence electrons. The lowest BCUT2D eigenvalue weighted by atomic mass is 9.94. The van der Waals surface area contributed by atoms with Crippen LogP contribution in [0.5, 0.6) is 5.75 Å². The average Bonchev–Trinajstić information content (AvgIpc) is 3.34. The molecular formula is C29H37FN2O6S. The summed E-state index contributed by atoms with van der Waals surface area (Å²) in [6, 6.07) is 13.5. The molecule has 1 amide bonds. The van der Waals surface area contributed by atoms with Gasteiger partial charge in [0.25, 0.3) is 5.91 Å². The third-order valence-electron chi connectivity index (χ3n) is 5.74. The van der Waals surface area contributed by atoms with Crippen LogP contribution in [0.3, 0.4) is 0 Å². The van der Waals surface area contributed by atoms with E-state index < -0.39 is 17.1 Å². The van der Waals surface area contributed by atoms with Crippen LogP contribution in [0.4, 0.5) is 4.39 Å². The van der Waals surface area contributed by atoms with E-state index in [1.54, 1.807) is 68.9 Å². The normalized spacial score (nSPS) is 16.8. The Labute approximate surface area is 233 Å². The highest BCUT2D eigenvalue weighted by molar-refractivity contribution is 7.98. The van der Waals surface area contributed by atoms with Gasteiger partial charge in [-0.1, -0.05) is 12.1 Å². The molecule has 0 aliphatic carbocycles. The second kappa shape index (κ2) is 14.3. The minimum Gasteiger partial charge on any atom is -0.494 e. The molecule has 2 aromatic carbocycles. The van der Waals surface area contributed by atoms with Gasteiger partial charge in [0, 0.05) is 43.1 Å². The number of aliphatic hydroxyl groups excluding tert-OH is 1. The first-order chi connectivity index (χ1) is 18.6. The molecule has 0 radical (unpaired) electrons. The van der Waals surface area contributed by atoms with E-state index in [-0.39, 0.29) is 37.8 Å². The van der Waals surface area contributed by atoms with Gasteiger partial charge < -0.3 is 24.6 Å². The van der Waals surface area contributed by atoms with E-state index in [9.17, 15) is 14.0 Å². The van der Waals surface area contributed by atoms with Crippen molar-refractivity contribution in [1.82, 2.24) is 5.32 Å². The molecule has 1 aliphatic rings. The molecule has 0 bridgehead atoms. The number of thioether (sulfide) groups is 1. The molecule has 0 saturated carbocycles. The number of rotatable bonds is 14. The van der Waals surface area contributed by atoms with Gasteiger partial charge in [-0.15, -0.1) is 0 Å². The van der Waals surface area contributed by atoms with Crippen molar-refractivity contribution in [3.05, 3.63) is 65.5 Å². The number of benzene rings is 2. The van der Waals surface area contributed by atoms with E-state index in [2.05, 4.69) is 10.3 Å². The minimum atomic E-state index is -1.26. The lowest BCUT2D eigenvalue weighted by Gasteiger charge is -2.24. The Morgan fingerprint density at radius 1 is 1.15 bits per heavy atom. The Bertz CT molecular complexity index is 1120. The summed E-state index contributed by atoms with van der Waals surface area (Å²) in [5.74, 6) is 1.34. The van der Waals surface area contributed by atoms with Gasteiger partial charge in [-0.25, -0.2) is 9.38 Å². The van der Waals surface area contributed by atoms with E-state index in [4.69, 9.17) is 19.3 Å². The summed E-state index contributed by atoms with van der Waals surface area (Å²) in [5, 5.41) is 11.9. The lowest BCUT2D eigenvalue weighted by molar-refractivity contribution is -0.155. The summed E-state index contributed by atoms with van der Waals surface area (Å²) in [4.78, 5) is 30.5. The number of nitrogens with zero attached hydrogens (tertiary/aromatic N) is 1. The molecule has 0 spiro atoms. The molecule has 8 nitrogen and oxygen atoms in total. The van der Waals surface area contributed by atoms with Gasteiger partial charge >= 0.3 is 5.97 Å². The standard InChI is InChI=1S/C29H37FN2O6S/c1-28(2,3)38-25(34)13-14-29(27(35)31-15-18-39-19-21-5-9-23(30)10-6-21)20-37-26(32-29)22-7-11-24(12-8-22)36-17-4-16-33/h5-12,33H,4,13-20H2,1-3H3,(H,31,35)/t29-/m1/s1. The first-order valence-electron chi connectivity index (χ1n) is 13.0. The van der Waals surface area contributed by atoms with Crippen LogP contribution in [-0.2, 0) is 24.8 Å². The maximum absolute atomic E-state index is 13.4. The molecule has 1 atom stereocenters. The van der Waals surface area contributed by atoms with Gasteiger partial charge in [0.2, 0.25) is 5.90 Å². The number of nitrogens with one attached hydrogen (secondary N) is 1. The van der Waals surface area contributed by atoms with Gasteiger partial charge in [0.1, 0.15) is 23.8 Å². The number of hydrogen-bond donors (Lipinski definition) is 2. The molecule has 2 N–H and O–H groups in total. The van der Waals surface area contributed by atoms with Crippen LogP contribution in [0, 0.1) is 5.82 Å². The summed E-state index contributed by atoms with van der Waals surface area (Å²) in [6.07, 6.45) is 0.696. The third-order valence-corrected chi connectivity index (χ3v) is 6.77. The van der Waals surface area contributed by atoms with Gasteiger partial charge in [-0.05, 0) is 69.2 Å². The SMILES string of the molecule is CC(C)(C)OC(=O)CC[C@]1(C(=O)NCCSCc2ccc(F)cc2)COC(c2ccc(OCCCO)cc2)=N1. The fourth-order valence-electron chi connectivity index (χ4n) is 3.77. The van der Waals surface area contributed by atoms with E-state index >= 15 is 0 Å². The van der Waals surface area contributed by atoms with Gasteiger partial charge in [0.05, 0.1) is 6.61 Å². The number of aliphatic imine (C=N–C) groups is 1. The molecule has 3 rings (SSSR count). The number of hydrogen-bond acceptors (Lipinski definition) is 8. The Morgan fingerprint density at radius 2 is 1.87 bits per heavy atom. The Morgan fingerprint density at radius 3 is 2.54 bits per heavy atom. The average molecular weight is 561 g/mol. The predicted molar refractivity (Wildman–Crippen MR) is 150 cm³/mol. The highest BCUT2D eigenvalue weighted by Crippen LogP contribution is 2.29. The monoisotopic (exact) mass is 560 g/mol. The highest BCUT2D eigenvalue weighted by Gasteiger charge is 2.44. The Balaban J connectivity index is 1.64. The van der Waals surface area contributed by atoms with Gasteiger partial charge in [-0.3, -0.25) is 9.59 Å². The van der Waals surface area contributed by atoms with Crippen LogP contribution in [0.1, 0.15) is 51.2 Å². The van der Waals surface area contributed by atoms with Crippen LogP contribution in [0.25, 0.3) is 0 Å². The van der Waals surface area contributed by atoms with Crippen molar-refractivity contribution < 1.29 is 33.3 Å². The molecule has 0 saturated heterocycles. The van der Waals surface area contributed by atoms with E-state index in [1.807, 2.05) is 0 Å². The summed E-state index contributed by atoms with van der Waals surface area (Å²) >= 11 is 1.62. The molecule has 39 heavy (non-hydrogen) atoms. The van der Waals surface area contributed by atoms with Crippen LogP contribution in [0.2, 0.25) is 0 Å². The first kappa shape index (κ1) is 30.4. The molecule has 10 heteroatoms. The van der Waals surface area contributed by atoms with Crippen molar-refractivity contribution in [2.45, 2.75) is 56.9 Å². The van der Waals surface area contributed by atoms with Crippen LogP contribution < -0.4 is 10.1 Å². The lowest BCUT2D eigenvalue weighted by Crippen LogP contribution is -2.47. The fourth-order valence-corrected chi connectivity index (χ4v) is 4.59. The summed E-state index contributed by atoms with van der Waals surface area (Å²) in [6.45, 7) is 6.26. The summed E-state index contributed by atoms with van der Waals surface area (Å²) in [5.41, 5.74) is -0.198. The molecule has 0 aromatic heterocycles. The number of aliphatic hydroxyl groups is 1. The maximum atomic E-state index is 13.4. The summed E-state index contributed by atoms with van der Waals surface area (Å²) < 4.78 is 30.0. The van der Waals surface area contributed by atoms with E-state index in [0.29, 0.717) is 48.3 Å². The molecule has 2 aromatic rings. The Hall–Kier alpha value is -3.11. The zero-order valence-electron chi connectivity index (χ0n) is 22.7. The number of esters is 1. The van der Waals surface area contributed by atoms with Crippen LogP contribution in [0.15, 0.2) is 53.5 Å². The second-order valence-corrected chi connectivity index (χ2v) is 11.3. The van der Waals surface area contributed by atoms with Crippen molar-refractivity contribution >= 4 is 29.5 Å². The molecular weight excluding hydrogens is 523 g/mol. The maximum Gasteiger partial charge on any atom is 0.306 e. The first-order valence-corrected chi connectivity index (χ1v) is 14.1. The van der Waals surface area contributed by atoms with Crippen LogP contribution >= 0.6 is 11.8 Å². The number of carbonyl (C=O) groups excluding carboxylic acids is 2. The number of halogens is 1. The quantitative estimate of drug-likeness (QED) is 0.263. The molecule has 1 heterocycles. The van der Waals surface area contributed by atoms with Crippen molar-refractivity contribution in [2.75, 3.05) is 32.1 Å². The molecule has 0 fully saturated rings. The number of amides is 1. The Kier molecular flexibility index (Phi) is 11.2. The van der Waals surface area contributed by atoms with Gasteiger partial charge in [-0.2, -0.15) is 11.8 Å². The highest BCUT2D eigenvalue weighted by atomic mass is 32.2. The topological polar surface area (TPSA) is 106 Å². The zero-order chi connectivity index (χ0) is 28.3. The second-order valence-electron chi connectivity index (χ2n) is 10.2. The zero-order valence-corrected chi connectivity index (χ0v) is 23.5. The van der Waals surface area contributed by atoms with Crippen molar-refractivity contribution in [1.29, 1.82) is 0 Å². The predicted octanol–water partition coefficient (Wildman–Crippen LogP) is 4.27. The number of carbonyl (C=O) groups is 2. The van der Waals surface area contributed by atoms with Crippen molar-refractivity contribution in [3.8, 4) is 5.75 Å². The van der Waals surface area contributed by atoms with E-state index in [1.165, 1.54) is 12.1 Å². The van der Waals surface area contributed by atoms with Gasteiger partial charge in [0.15, 0.2) is 5.54 Å². The summed E-state index contributed by atoms with van der Waals surface area (Å²) in [7, 11) is 0. The minimum absolute atomic E-state index is 0.00837. The van der Waals surface area contributed by atoms with Crippen LogP contribution in [-0.4, -0.2) is 66.1 Å². The van der Waals surface area contributed by atoms with E-state index in [0.717, 1.165) is 5.56 Å². The third kappa shape index (κ3) is 9.85. The van der Waals surface area contributed by atoms with Crippen molar-refractivity contribution in [2.24, 2.45) is 4.99 Å².